The van der Waals surface area contributed by atoms with Gasteiger partial charge in [-0.1, -0.05) is 6.92 Å². The van der Waals surface area contributed by atoms with Crippen molar-refractivity contribution in [3.05, 3.63) is 11.8 Å². The number of hydrogen-bond donors (Lipinski definition) is 2. The zero-order valence-corrected chi connectivity index (χ0v) is 12.8. The summed E-state index contributed by atoms with van der Waals surface area (Å²) < 4.78 is 63.1. The number of rotatable bonds is 7. The lowest BCUT2D eigenvalue weighted by Gasteiger charge is -2.26. The van der Waals surface area contributed by atoms with Crippen LogP contribution in [0.5, 0.6) is 0 Å². The number of alkyl halides is 3. The number of nitrogens with one attached hydrogen (secondary N) is 2. The van der Waals surface area contributed by atoms with Gasteiger partial charge in [-0.05, 0) is 20.4 Å². The van der Waals surface area contributed by atoms with Crippen LogP contribution in [0, 0.1) is 0 Å². The molecule has 0 unspecified atom stereocenters. The molecule has 0 bridgehead atoms. The minimum atomic E-state index is -4.61. The van der Waals surface area contributed by atoms with Crippen LogP contribution in [-0.4, -0.2) is 48.2 Å². The van der Waals surface area contributed by atoms with E-state index in [1.54, 1.807) is 0 Å². The Labute approximate surface area is 121 Å². The highest BCUT2D eigenvalue weighted by atomic mass is 32.2. The average molecular weight is 328 g/mol. The fourth-order valence-electron chi connectivity index (χ4n) is 1.75. The van der Waals surface area contributed by atoms with E-state index >= 15 is 0 Å². The van der Waals surface area contributed by atoms with Gasteiger partial charge in [0.25, 0.3) is 10.0 Å². The van der Waals surface area contributed by atoms with Crippen LogP contribution in [0.25, 0.3) is 0 Å². The molecule has 0 fully saturated rings. The third-order valence-corrected chi connectivity index (χ3v) is 4.76. The summed E-state index contributed by atoms with van der Waals surface area (Å²) in [5.41, 5.74) is 0.310. The molecular weight excluding hydrogens is 309 g/mol. The molecule has 0 aromatic carbocycles. The first-order valence-corrected chi connectivity index (χ1v) is 7.85. The van der Waals surface area contributed by atoms with Crippen molar-refractivity contribution >= 4 is 10.0 Å². The van der Waals surface area contributed by atoms with Gasteiger partial charge in [0.05, 0.1) is 6.20 Å². The summed E-state index contributed by atoms with van der Waals surface area (Å²) in [6.07, 6.45) is -3.32. The van der Waals surface area contributed by atoms with Crippen LogP contribution in [0.15, 0.2) is 11.2 Å². The molecule has 0 aliphatic rings. The Morgan fingerprint density at radius 1 is 1.43 bits per heavy atom. The second kappa shape index (κ2) is 6.75. The Hall–Kier alpha value is -1.13. The first kappa shape index (κ1) is 17.9. The third-order valence-electron chi connectivity index (χ3n) is 2.72. The Morgan fingerprint density at radius 3 is 2.52 bits per heavy atom. The molecular formula is C11H19F3N4O2S. The van der Waals surface area contributed by atoms with Crippen LogP contribution in [-0.2, 0) is 16.6 Å². The highest BCUT2D eigenvalue weighted by Gasteiger charge is 2.39. The average Bonchev–Trinajstić information content (AvgIpc) is 2.81. The molecule has 0 aliphatic heterocycles. The van der Waals surface area contributed by atoms with Gasteiger partial charge in [0.1, 0.15) is 6.54 Å². The molecule has 6 nitrogen and oxygen atoms in total. The van der Waals surface area contributed by atoms with Crippen LogP contribution in [0.3, 0.4) is 0 Å². The summed E-state index contributed by atoms with van der Waals surface area (Å²) >= 11 is 0. The van der Waals surface area contributed by atoms with Gasteiger partial charge in [0, 0.05) is 18.2 Å². The predicted molar refractivity (Wildman–Crippen MR) is 71.1 cm³/mol. The van der Waals surface area contributed by atoms with Gasteiger partial charge >= 0.3 is 6.18 Å². The summed E-state index contributed by atoms with van der Waals surface area (Å²) in [4.78, 5) is 0. The Morgan fingerprint density at radius 2 is 2.05 bits per heavy atom. The lowest BCUT2D eigenvalue weighted by Crippen LogP contribution is -2.43. The number of H-pyrrole nitrogens is 1. The number of hydrogen-bond acceptors (Lipinski definition) is 4. The summed E-state index contributed by atoms with van der Waals surface area (Å²) in [5, 5.41) is 8.53. The van der Waals surface area contributed by atoms with Crippen LogP contribution < -0.4 is 5.32 Å². The molecule has 0 aliphatic carbocycles. The topological polar surface area (TPSA) is 78.1 Å². The number of sulfonamides is 1. The van der Waals surface area contributed by atoms with Gasteiger partial charge in [-0.2, -0.15) is 22.6 Å². The van der Waals surface area contributed by atoms with Crippen LogP contribution >= 0.6 is 0 Å². The maximum absolute atomic E-state index is 12.6. The van der Waals surface area contributed by atoms with Crippen LogP contribution in [0.1, 0.15) is 26.3 Å². The molecule has 0 spiro atoms. The lowest BCUT2D eigenvalue weighted by atomic mass is 10.3. The molecule has 0 saturated heterocycles. The first-order valence-electron chi connectivity index (χ1n) is 6.41. The fraction of sp³-hybridized carbons (Fsp3) is 0.727. The first-order chi connectivity index (χ1) is 9.59. The number of halogens is 3. The third kappa shape index (κ3) is 4.68. The van der Waals surface area contributed by atoms with Gasteiger partial charge in [0.15, 0.2) is 5.03 Å². The van der Waals surface area contributed by atoms with Crippen molar-refractivity contribution in [3.8, 4) is 0 Å². The monoisotopic (exact) mass is 328 g/mol. The number of aromatic nitrogens is 2. The van der Waals surface area contributed by atoms with Crippen molar-refractivity contribution in [1.29, 1.82) is 0 Å². The molecule has 0 radical (unpaired) electrons. The summed E-state index contributed by atoms with van der Waals surface area (Å²) in [6, 6.07) is -0.827. The van der Waals surface area contributed by atoms with E-state index < -0.39 is 28.8 Å². The highest BCUT2D eigenvalue weighted by molar-refractivity contribution is 7.89. The molecule has 0 amide bonds. The predicted octanol–water partition coefficient (Wildman–Crippen LogP) is 1.48. The second-order valence-electron chi connectivity index (χ2n) is 4.76. The van der Waals surface area contributed by atoms with Crippen molar-refractivity contribution in [3.63, 3.8) is 0 Å². The molecule has 1 aromatic rings. The number of nitrogens with zero attached hydrogens (tertiary/aromatic N) is 2. The maximum atomic E-state index is 12.6. The van der Waals surface area contributed by atoms with Gasteiger partial charge < -0.3 is 5.32 Å². The Balaban J connectivity index is 3.15. The summed E-state index contributed by atoms with van der Waals surface area (Å²) in [6.45, 7) is 3.89. The minimum absolute atomic E-state index is 0.208. The van der Waals surface area contributed by atoms with E-state index in [0.29, 0.717) is 16.4 Å². The quantitative estimate of drug-likeness (QED) is 0.795. The normalized spacial score (nSPS) is 13.3. The molecule has 1 rings (SSSR count). The van der Waals surface area contributed by atoms with Gasteiger partial charge in [-0.3, -0.25) is 5.10 Å². The molecule has 2 N–H and O–H groups in total. The van der Waals surface area contributed by atoms with E-state index in [-0.39, 0.29) is 11.6 Å². The zero-order chi connectivity index (χ0) is 16.3. The second-order valence-corrected chi connectivity index (χ2v) is 6.59. The van der Waals surface area contributed by atoms with E-state index in [1.165, 1.54) is 20.0 Å². The highest BCUT2D eigenvalue weighted by Crippen LogP contribution is 2.25. The molecule has 1 heterocycles. The Kier molecular flexibility index (Phi) is 5.76. The van der Waals surface area contributed by atoms with Gasteiger partial charge in [0.2, 0.25) is 0 Å². The van der Waals surface area contributed by atoms with E-state index in [1.807, 2.05) is 6.92 Å². The van der Waals surface area contributed by atoms with Crippen LogP contribution in [0.2, 0.25) is 0 Å². The van der Waals surface area contributed by atoms with Gasteiger partial charge in [-0.25, -0.2) is 8.42 Å². The smallest absolute Gasteiger partial charge is 0.313 e. The minimum Gasteiger partial charge on any atom is -0.313 e. The van der Waals surface area contributed by atoms with E-state index in [4.69, 9.17) is 0 Å². The van der Waals surface area contributed by atoms with Gasteiger partial charge in [-0.15, -0.1) is 0 Å². The largest absolute Gasteiger partial charge is 0.402 e. The lowest BCUT2D eigenvalue weighted by molar-refractivity contribution is -0.138. The molecule has 10 heteroatoms. The van der Waals surface area contributed by atoms with Crippen molar-refractivity contribution in [2.75, 3.05) is 13.1 Å². The molecule has 0 saturated carbocycles. The molecule has 1 aromatic heterocycles. The van der Waals surface area contributed by atoms with Crippen molar-refractivity contribution in [2.45, 2.75) is 44.6 Å². The molecule has 21 heavy (non-hydrogen) atoms. The van der Waals surface area contributed by atoms with E-state index in [0.717, 1.165) is 0 Å². The van der Waals surface area contributed by atoms with Crippen LogP contribution in [0.4, 0.5) is 13.2 Å². The summed E-state index contributed by atoms with van der Waals surface area (Å²) in [5.74, 6) is 0. The molecule has 122 valence electrons. The SMILES string of the molecule is CCNCc1cn[nH]c1S(=O)(=O)N(CC(F)(F)F)C(C)C. The van der Waals surface area contributed by atoms with E-state index in [2.05, 4.69) is 15.5 Å². The standard InChI is InChI=1S/C11H19F3N4O2S/c1-4-15-5-9-6-16-17-10(9)21(19,20)18(8(2)3)7-11(12,13)14/h6,8,15H,4-5,7H2,1-3H3,(H,16,17). The summed E-state index contributed by atoms with van der Waals surface area (Å²) in [7, 11) is -4.30. The van der Waals surface area contributed by atoms with E-state index in [9.17, 15) is 21.6 Å². The van der Waals surface area contributed by atoms with Crippen molar-refractivity contribution < 1.29 is 21.6 Å². The Bertz CT molecular complexity index is 554. The maximum Gasteiger partial charge on any atom is 0.402 e. The number of aromatic amines is 1. The zero-order valence-electron chi connectivity index (χ0n) is 12.0. The van der Waals surface area contributed by atoms with Crippen molar-refractivity contribution in [1.82, 2.24) is 19.8 Å². The van der Waals surface area contributed by atoms with Crippen molar-refractivity contribution in [2.24, 2.45) is 0 Å². The fourth-order valence-corrected chi connectivity index (χ4v) is 3.48. The molecule has 0 atom stereocenters.